The van der Waals surface area contributed by atoms with Crippen molar-refractivity contribution >= 4 is 46.4 Å². The maximum atomic E-state index is 12.8. The lowest BCUT2D eigenvalue weighted by molar-refractivity contribution is 0.0791. The minimum absolute atomic E-state index is 0.0986. The van der Waals surface area contributed by atoms with Gasteiger partial charge in [0.2, 0.25) is 5.78 Å². The van der Waals surface area contributed by atoms with Crippen molar-refractivity contribution in [1.29, 1.82) is 0 Å². The number of hydrogen-bond acceptors (Lipinski definition) is 2. The Morgan fingerprint density at radius 2 is 1.86 bits per heavy atom. The third-order valence-electron chi connectivity index (χ3n) is 4.48. The fraction of sp³-hybridized carbons (Fsp3) is 0.600. The summed E-state index contributed by atoms with van der Waals surface area (Å²) in [5.41, 5.74) is 0.475. The summed E-state index contributed by atoms with van der Waals surface area (Å²) in [5.74, 6) is -0.521. The Morgan fingerprint density at radius 3 is 2.33 bits per heavy atom. The molecule has 0 aromatic carbocycles. The topological polar surface area (TPSA) is 39.1 Å². The van der Waals surface area contributed by atoms with Gasteiger partial charge in [-0.1, -0.05) is 54.6 Å². The first-order valence-electron chi connectivity index (χ1n) is 7.04. The van der Waals surface area contributed by atoms with E-state index in [4.69, 9.17) is 34.8 Å². The predicted molar refractivity (Wildman–Crippen MR) is 85.6 cm³/mol. The van der Waals surface area contributed by atoms with Crippen LogP contribution in [0.15, 0.2) is 12.3 Å². The lowest BCUT2D eigenvalue weighted by Crippen LogP contribution is -2.27. The number of aryl methyl sites for hydroxylation is 1. The van der Waals surface area contributed by atoms with Crippen LogP contribution in [0.2, 0.25) is 0 Å². The molecule has 3 nitrogen and oxygen atoms in total. The number of ketones is 2. The highest BCUT2D eigenvalue weighted by Gasteiger charge is 2.41. The maximum absolute atomic E-state index is 12.8. The monoisotopic (exact) mass is 349 g/mol. The van der Waals surface area contributed by atoms with E-state index in [1.54, 1.807) is 23.9 Å². The number of carbonyl (C=O) groups excluding carboxylic acids is 2. The van der Waals surface area contributed by atoms with Crippen molar-refractivity contribution in [1.82, 2.24) is 4.57 Å². The van der Waals surface area contributed by atoms with Crippen LogP contribution in [0, 0.1) is 5.41 Å². The highest BCUT2D eigenvalue weighted by atomic mass is 35.6. The minimum atomic E-state index is -2.01. The van der Waals surface area contributed by atoms with Crippen LogP contribution >= 0.6 is 34.8 Å². The smallest absolute Gasteiger partial charge is 0.255 e. The van der Waals surface area contributed by atoms with E-state index in [0.29, 0.717) is 5.56 Å². The van der Waals surface area contributed by atoms with E-state index < -0.39 is 9.58 Å². The molecule has 21 heavy (non-hydrogen) atoms. The van der Waals surface area contributed by atoms with Crippen molar-refractivity contribution in [2.45, 2.75) is 42.8 Å². The number of Topliss-reactive ketones (excluding diaryl/α,β-unsaturated/α-hetero) is 2. The summed E-state index contributed by atoms with van der Waals surface area (Å²) >= 11 is 16.9. The molecule has 0 amide bonds. The first kappa shape index (κ1) is 16.9. The standard InChI is InChI=1S/C15H18Cl3NO2/c1-3-14(6-4-5-7-14)12(20)10-8-11(19(2)9-10)13(21)15(16,17)18/h8-9H,3-7H2,1-2H3. The van der Waals surface area contributed by atoms with Crippen molar-refractivity contribution < 1.29 is 9.59 Å². The molecule has 0 unspecified atom stereocenters. The molecular formula is C15H18Cl3NO2. The number of nitrogens with zero attached hydrogens (tertiary/aromatic N) is 1. The molecule has 1 aliphatic carbocycles. The molecule has 1 aromatic rings. The van der Waals surface area contributed by atoms with Crippen molar-refractivity contribution in [3.05, 3.63) is 23.5 Å². The second kappa shape index (κ2) is 5.94. The van der Waals surface area contributed by atoms with Crippen LogP contribution in [0.5, 0.6) is 0 Å². The zero-order chi connectivity index (χ0) is 15.8. The third-order valence-corrected chi connectivity index (χ3v) is 4.99. The van der Waals surface area contributed by atoms with E-state index in [2.05, 4.69) is 0 Å². The van der Waals surface area contributed by atoms with Gasteiger partial charge in [-0.05, 0) is 25.3 Å². The molecule has 2 rings (SSSR count). The van der Waals surface area contributed by atoms with Crippen molar-refractivity contribution in [2.24, 2.45) is 12.5 Å². The molecular weight excluding hydrogens is 333 g/mol. The second-order valence-electron chi connectivity index (χ2n) is 5.72. The highest BCUT2D eigenvalue weighted by Crippen LogP contribution is 2.44. The zero-order valence-corrected chi connectivity index (χ0v) is 14.4. The summed E-state index contributed by atoms with van der Waals surface area (Å²) in [5, 5.41) is 0. The van der Waals surface area contributed by atoms with E-state index in [9.17, 15) is 9.59 Å². The number of halogens is 3. The lowest BCUT2D eigenvalue weighted by atomic mass is 9.77. The maximum Gasteiger partial charge on any atom is 0.255 e. The van der Waals surface area contributed by atoms with Crippen LogP contribution < -0.4 is 0 Å². The van der Waals surface area contributed by atoms with E-state index in [0.717, 1.165) is 32.1 Å². The molecule has 0 aliphatic heterocycles. The Labute approximate surface area is 139 Å². The normalized spacial score (nSPS) is 18.0. The fourth-order valence-corrected chi connectivity index (χ4v) is 3.45. The first-order valence-corrected chi connectivity index (χ1v) is 8.17. The van der Waals surface area contributed by atoms with E-state index in [1.807, 2.05) is 6.92 Å². The molecule has 1 heterocycles. The summed E-state index contributed by atoms with van der Waals surface area (Å²) in [7, 11) is 1.67. The summed E-state index contributed by atoms with van der Waals surface area (Å²) in [6.45, 7) is 2.04. The molecule has 1 saturated carbocycles. The molecule has 0 atom stereocenters. The van der Waals surface area contributed by atoms with Crippen molar-refractivity contribution in [3.63, 3.8) is 0 Å². The fourth-order valence-electron chi connectivity index (χ4n) is 3.16. The summed E-state index contributed by atoms with van der Waals surface area (Å²) in [6, 6.07) is 1.54. The molecule has 0 saturated heterocycles. The van der Waals surface area contributed by atoms with Crippen LogP contribution in [0.25, 0.3) is 0 Å². The minimum Gasteiger partial charge on any atom is -0.347 e. The van der Waals surface area contributed by atoms with Gasteiger partial charge in [0.05, 0.1) is 5.69 Å². The largest absolute Gasteiger partial charge is 0.347 e. The molecule has 1 aliphatic rings. The molecule has 1 aromatic heterocycles. The van der Waals surface area contributed by atoms with Gasteiger partial charge in [0.15, 0.2) is 5.78 Å². The number of hydrogen-bond donors (Lipinski definition) is 0. The second-order valence-corrected chi connectivity index (χ2v) is 8.00. The van der Waals surface area contributed by atoms with E-state index >= 15 is 0 Å². The van der Waals surface area contributed by atoms with Gasteiger partial charge in [-0.15, -0.1) is 0 Å². The lowest BCUT2D eigenvalue weighted by Gasteiger charge is -2.25. The average Bonchev–Trinajstić information content (AvgIpc) is 3.03. The van der Waals surface area contributed by atoms with Gasteiger partial charge in [0.25, 0.3) is 3.79 Å². The molecule has 0 radical (unpaired) electrons. The van der Waals surface area contributed by atoms with E-state index in [-0.39, 0.29) is 16.9 Å². The van der Waals surface area contributed by atoms with Gasteiger partial charge in [-0.3, -0.25) is 9.59 Å². The van der Waals surface area contributed by atoms with Gasteiger partial charge in [0, 0.05) is 24.2 Å². The Bertz CT molecular complexity index is 566. The Kier molecular flexibility index (Phi) is 4.77. The van der Waals surface area contributed by atoms with Crippen LogP contribution in [0.1, 0.15) is 59.9 Å². The van der Waals surface area contributed by atoms with E-state index in [1.165, 1.54) is 0 Å². The summed E-state index contributed by atoms with van der Waals surface area (Å²) in [4.78, 5) is 24.9. The molecule has 0 bridgehead atoms. The summed E-state index contributed by atoms with van der Waals surface area (Å²) in [6.07, 6.45) is 6.44. The van der Waals surface area contributed by atoms with Gasteiger partial charge in [-0.2, -0.15) is 0 Å². The number of alkyl halides is 3. The van der Waals surface area contributed by atoms with Gasteiger partial charge >= 0.3 is 0 Å². The number of carbonyl (C=O) groups is 2. The van der Waals surface area contributed by atoms with Crippen molar-refractivity contribution in [2.75, 3.05) is 0 Å². The van der Waals surface area contributed by atoms with Crippen LogP contribution in [0.3, 0.4) is 0 Å². The Morgan fingerprint density at radius 1 is 1.29 bits per heavy atom. The first-order chi connectivity index (χ1) is 9.71. The SMILES string of the molecule is CCC1(C(=O)c2cc(C(=O)C(Cl)(Cl)Cl)n(C)c2)CCCC1. The molecule has 1 fully saturated rings. The third kappa shape index (κ3) is 3.15. The quantitative estimate of drug-likeness (QED) is 0.581. The molecule has 116 valence electrons. The van der Waals surface area contributed by atoms with Gasteiger partial charge in [0.1, 0.15) is 0 Å². The number of aromatic nitrogens is 1. The van der Waals surface area contributed by atoms with Gasteiger partial charge in [-0.25, -0.2) is 0 Å². The van der Waals surface area contributed by atoms with Gasteiger partial charge < -0.3 is 4.57 Å². The highest BCUT2D eigenvalue weighted by molar-refractivity contribution is 6.77. The molecule has 0 spiro atoms. The molecule has 0 N–H and O–H groups in total. The van der Waals surface area contributed by atoms with Crippen LogP contribution in [0.4, 0.5) is 0 Å². The van der Waals surface area contributed by atoms with Crippen LogP contribution in [-0.2, 0) is 7.05 Å². The zero-order valence-electron chi connectivity index (χ0n) is 12.1. The average molecular weight is 351 g/mol. The number of rotatable bonds is 4. The Hall–Kier alpha value is -0.510. The Balaban J connectivity index is 2.34. The van der Waals surface area contributed by atoms with Crippen molar-refractivity contribution in [3.8, 4) is 0 Å². The van der Waals surface area contributed by atoms with Crippen LogP contribution in [-0.4, -0.2) is 19.9 Å². The predicted octanol–water partition coefficient (Wildman–Crippen LogP) is 4.73. The summed E-state index contributed by atoms with van der Waals surface area (Å²) < 4.78 is -0.460. The molecule has 6 heteroatoms.